The van der Waals surface area contributed by atoms with Crippen LogP contribution in [0.4, 0.5) is 5.69 Å². The molecule has 0 saturated carbocycles. The largest absolute Gasteiger partial charge is 0.451 e. The van der Waals surface area contributed by atoms with E-state index < -0.39 is 5.97 Å². The van der Waals surface area contributed by atoms with Crippen LogP contribution in [0, 0.1) is 13.8 Å². The second kappa shape index (κ2) is 7.92. The number of carbonyl (C=O) groups is 2. The molecule has 23 heavy (non-hydrogen) atoms. The Balaban J connectivity index is 1.87. The zero-order chi connectivity index (χ0) is 16.8. The summed E-state index contributed by atoms with van der Waals surface area (Å²) in [5.74, 6) is -0.788. The Morgan fingerprint density at radius 1 is 1.17 bits per heavy atom. The molecule has 1 heterocycles. The molecule has 0 spiro atoms. The van der Waals surface area contributed by atoms with Gasteiger partial charge in [-0.25, -0.2) is 4.79 Å². The van der Waals surface area contributed by atoms with E-state index in [1.165, 1.54) is 16.9 Å². The standard InChI is InChI=1S/C18H21NO3S/c1-4-5-14-10-16(23-13(14)3)18(21)22-11-17(20)19-15-8-6-12(2)7-9-15/h6-10H,4-5,11H2,1-3H3,(H,19,20). The van der Waals surface area contributed by atoms with Gasteiger partial charge in [0.25, 0.3) is 5.91 Å². The van der Waals surface area contributed by atoms with Crippen molar-refractivity contribution in [1.29, 1.82) is 0 Å². The number of anilines is 1. The molecule has 2 rings (SSSR count). The molecular weight excluding hydrogens is 310 g/mol. The van der Waals surface area contributed by atoms with Gasteiger partial charge in [0.15, 0.2) is 6.61 Å². The zero-order valence-electron chi connectivity index (χ0n) is 13.6. The van der Waals surface area contributed by atoms with Gasteiger partial charge in [-0.1, -0.05) is 31.0 Å². The van der Waals surface area contributed by atoms with Gasteiger partial charge < -0.3 is 10.1 Å². The Morgan fingerprint density at radius 3 is 2.52 bits per heavy atom. The molecule has 0 fully saturated rings. The summed E-state index contributed by atoms with van der Waals surface area (Å²) in [5.41, 5.74) is 2.98. The van der Waals surface area contributed by atoms with Crippen molar-refractivity contribution >= 4 is 28.9 Å². The number of amides is 1. The zero-order valence-corrected chi connectivity index (χ0v) is 14.5. The van der Waals surface area contributed by atoms with Crippen LogP contribution < -0.4 is 5.32 Å². The molecule has 1 aromatic carbocycles. The van der Waals surface area contributed by atoms with Crippen LogP contribution in [0.15, 0.2) is 30.3 Å². The Labute approximate surface area is 140 Å². The topological polar surface area (TPSA) is 55.4 Å². The molecule has 1 N–H and O–H groups in total. The minimum absolute atomic E-state index is 0.285. The number of aryl methyl sites for hydroxylation is 3. The van der Waals surface area contributed by atoms with E-state index in [9.17, 15) is 9.59 Å². The summed E-state index contributed by atoms with van der Waals surface area (Å²) in [6.07, 6.45) is 1.98. The SMILES string of the molecule is CCCc1cc(C(=O)OCC(=O)Nc2ccc(C)cc2)sc1C. The van der Waals surface area contributed by atoms with Crippen molar-refractivity contribution in [2.24, 2.45) is 0 Å². The Kier molecular flexibility index (Phi) is 5.93. The van der Waals surface area contributed by atoms with E-state index in [4.69, 9.17) is 4.74 Å². The fourth-order valence-corrected chi connectivity index (χ4v) is 3.14. The molecular formula is C18H21NO3S. The molecule has 0 aliphatic rings. The molecule has 0 unspecified atom stereocenters. The van der Waals surface area contributed by atoms with Gasteiger partial charge in [0.2, 0.25) is 0 Å². The average Bonchev–Trinajstić information content (AvgIpc) is 2.89. The third-order valence-electron chi connectivity index (χ3n) is 3.41. The summed E-state index contributed by atoms with van der Waals surface area (Å²) in [7, 11) is 0. The number of rotatable bonds is 6. The minimum atomic E-state index is -0.445. The maximum absolute atomic E-state index is 12.0. The van der Waals surface area contributed by atoms with E-state index in [-0.39, 0.29) is 12.5 Å². The number of ether oxygens (including phenoxy) is 1. The van der Waals surface area contributed by atoms with Crippen LogP contribution in [0.5, 0.6) is 0 Å². The summed E-state index contributed by atoms with van der Waals surface area (Å²) in [6, 6.07) is 9.31. The van der Waals surface area contributed by atoms with Gasteiger partial charge >= 0.3 is 5.97 Å². The molecule has 2 aromatic rings. The van der Waals surface area contributed by atoms with E-state index in [0.29, 0.717) is 10.6 Å². The molecule has 0 bridgehead atoms. The van der Waals surface area contributed by atoms with E-state index in [1.54, 1.807) is 0 Å². The monoisotopic (exact) mass is 331 g/mol. The lowest BCUT2D eigenvalue weighted by Gasteiger charge is -2.06. The Hall–Kier alpha value is -2.14. The van der Waals surface area contributed by atoms with E-state index >= 15 is 0 Å². The van der Waals surface area contributed by atoms with Crippen molar-refractivity contribution in [2.45, 2.75) is 33.6 Å². The first kappa shape index (κ1) is 17.2. The number of thiophene rings is 1. The first-order valence-corrected chi connectivity index (χ1v) is 8.44. The van der Waals surface area contributed by atoms with Gasteiger partial charge in [-0.3, -0.25) is 4.79 Å². The van der Waals surface area contributed by atoms with E-state index in [1.807, 2.05) is 44.2 Å². The molecule has 1 aromatic heterocycles. The van der Waals surface area contributed by atoms with Crippen molar-refractivity contribution in [2.75, 3.05) is 11.9 Å². The smallest absolute Gasteiger partial charge is 0.348 e. The minimum Gasteiger partial charge on any atom is -0.451 e. The second-order valence-electron chi connectivity index (χ2n) is 5.43. The van der Waals surface area contributed by atoms with Crippen LogP contribution in [-0.4, -0.2) is 18.5 Å². The highest BCUT2D eigenvalue weighted by Gasteiger charge is 2.15. The quantitative estimate of drug-likeness (QED) is 0.810. The number of benzene rings is 1. The summed E-state index contributed by atoms with van der Waals surface area (Å²) in [6.45, 7) is 5.79. The van der Waals surface area contributed by atoms with Crippen LogP contribution in [0.1, 0.15) is 39.0 Å². The molecule has 122 valence electrons. The van der Waals surface area contributed by atoms with Crippen molar-refractivity contribution in [3.63, 3.8) is 0 Å². The molecule has 0 atom stereocenters. The molecule has 4 nitrogen and oxygen atoms in total. The third kappa shape index (κ3) is 4.93. The number of hydrogen-bond acceptors (Lipinski definition) is 4. The first-order chi connectivity index (χ1) is 11.0. The lowest BCUT2D eigenvalue weighted by Crippen LogP contribution is -2.20. The molecule has 1 amide bonds. The average molecular weight is 331 g/mol. The summed E-state index contributed by atoms with van der Waals surface area (Å²) < 4.78 is 5.09. The van der Waals surface area contributed by atoms with E-state index in [2.05, 4.69) is 12.2 Å². The predicted molar refractivity (Wildman–Crippen MR) is 93.1 cm³/mol. The summed E-state index contributed by atoms with van der Waals surface area (Å²) in [5, 5.41) is 2.70. The highest BCUT2D eigenvalue weighted by molar-refractivity contribution is 7.14. The van der Waals surface area contributed by atoms with Crippen LogP contribution >= 0.6 is 11.3 Å². The van der Waals surface area contributed by atoms with Crippen molar-refractivity contribution in [3.8, 4) is 0 Å². The molecule has 0 radical (unpaired) electrons. The van der Waals surface area contributed by atoms with Gasteiger partial charge in [-0.05, 0) is 44.0 Å². The molecule has 5 heteroatoms. The Morgan fingerprint density at radius 2 is 1.87 bits per heavy atom. The van der Waals surface area contributed by atoms with Gasteiger partial charge in [0, 0.05) is 10.6 Å². The second-order valence-corrected chi connectivity index (χ2v) is 6.69. The highest BCUT2D eigenvalue weighted by Crippen LogP contribution is 2.23. The van der Waals surface area contributed by atoms with Gasteiger partial charge in [-0.15, -0.1) is 11.3 Å². The summed E-state index contributed by atoms with van der Waals surface area (Å²) in [4.78, 5) is 25.5. The maximum atomic E-state index is 12.0. The van der Waals surface area contributed by atoms with Crippen molar-refractivity contribution < 1.29 is 14.3 Å². The Bertz CT molecular complexity index is 689. The third-order valence-corrected chi connectivity index (χ3v) is 4.48. The number of hydrogen-bond donors (Lipinski definition) is 1. The molecule has 0 aliphatic carbocycles. The number of nitrogens with one attached hydrogen (secondary N) is 1. The van der Waals surface area contributed by atoms with Crippen molar-refractivity contribution in [3.05, 3.63) is 51.2 Å². The number of esters is 1. The highest BCUT2D eigenvalue weighted by atomic mass is 32.1. The van der Waals surface area contributed by atoms with Crippen LogP contribution in [0.3, 0.4) is 0 Å². The number of carbonyl (C=O) groups excluding carboxylic acids is 2. The fraction of sp³-hybridized carbons (Fsp3) is 0.333. The van der Waals surface area contributed by atoms with Crippen LogP contribution in [-0.2, 0) is 16.0 Å². The summed E-state index contributed by atoms with van der Waals surface area (Å²) >= 11 is 1.41. The molecule has 0 aliphatic heterocycles. The van der Waals surface area contributed by atoms with Crippen LogP contribution in [0.2, 0.25) is 0 Å². The molecule has 0 saturated heterocycles. The lowest BCUT2D eigenvalue weighted by molar-refractivity contribution is -0.119. The van der Waals surface area contributed by atoms with Crippen LogP contribution in [0.25, 0.3) is 0 Å². The van der Waals surface area contributed by atoms with Gasteiger partial charge in [0.05, 0.1) is 0 Å². The predicted octanol–water partition coefficient (Wildman–Crippen LogP) is 4.11. The van der Waals surface area contributed by atoms with E-state index in [0.717, 1.165) is 23.3 Å². The first-order valence-electron chi connectivity index (χ1n) is 7.62. The lowest BCUT2D eigenvalue weighted by atomic mass is 10.1. The van der Waals surface area contributed by atoms with Gasteiger partial charge in [-0.2, -0.15) is 0 Å². The maximum Gasteiger partial charge on any atom is 0.348 e. The normalized spacial score (nSPS) is 10.4. The fourth-order valence-electron chi connectivity index (χ4n) is 2.17. The van der Waals surface area contributed by atoms with Crippen molar-refractivity contribution in [1.82, 2.24) is 0 Å². The van der Waals surface area contributed by atoms with Gasteiger partial charge in [0.1, 0.15) is 4.88 Å².